The van der Waals surface area contributed by atoms with Gasteiger partial charge in [-0.2, -0.15) is 0 Å². The number of nitrogens with zero attached hydrogens (tertiary/aromatic N) is 2. The first-order valence-electron chi connectivity index (χ1n) is 7.09. The molecule has 0 aromatic rings. The molecule has 0 aliphatic carbocycles. The molecule has 0 saturated carbocycles. The van der Waals surface area contributed by atoms with E-state index in [1.807, 2.05) is 25.7 Å². The number of rotatable bonds is 4. The molecule has 0 bridgehead atoms. The van der Waals surface area contributed by atoms with Gasteiger partial charge in [0.25, 0.3) is 0 Å². The molecule has 6 nitrogen and oxygen atoms in total. The standard InChI is InChI=1S/C14H26N2O4/c1-14(2,3)20-13(18)15(4)7-5-6-12(17)16-8-10-19-11-9-16/h5-11H2,1-4H3. The van der Waals surface area contributed by atoms with Gasteiger partial charge in [-0.1, -0.05) is 0 Å². The maximum absolute atomic E-state index is 11.9. The lowest BCUT2D eigenvalue weighted by atomic mass is 10.2. The van der Waals surface area contributed by atoms with Crippen LogP contribution in [0.3, 0.4) is 0 Å². The number of morpholine rings is 1. The van der Waals surface area contributed by atoms with Gasteiger partial charge in [-0.25, -0.2) is 4.79 Å². The van der Waals surface area contributed by atoms with E-state index in [9.17, 15) is 9.59 Å². The summed E-state index contributed by atoms with van der Waals surface area (Å²) < 4.78 is 10.5. The van der Waals surface area contributed by atoms with Gasteiger partial charge in [-0.3, -0.25) is 4.79 Å². The van der Waals surface area contributed by atoms with E-state index < -0.39 is 5.60 Å². The van der Waals surface area contributed by atoms with Crippen molar-refractivity contribution >= 4 is 12.0 Å². The zero-order valence-corrected chi connectivity index (χ0v) is 13.0. The van der Waals surface area contributed by atoms with E-state index >= 15 is 0 Å². The van der Waals surface area contributed by atoms with E-state index in [-0.39, 0.29) is 12.0 Å². The average Bonchev–Trinajstić information content (AvgIpc) is 2.37. The average molecular weight is 286 g/mol. The van der Waals surface area contributed by atoms with Crippen LogP contribution in [-0.2, 0) is 14.3 Å². The smallest absolute Gasteiger partial charge is 0.410 e. The topological polar surface area (TPSA) is 59.1 Å². The Kier molecular flexibility index (Phi) is 6.26. The quantitative estimate of drug-likeness (QED) is 0.785. The van der Waals surface area contributed by atoms with Gasteiger partial charge < -0.3 is 19.3 Å². The van der Waals surface area contributed by atoms with E-state index in [0.29, 0.717) is 45.7 Å². The first-order valence-corrected chi connectivity index (χ1v) is 7.09. The third kappa shape index (κ3) is 6.23. The monoisotopic (exact) mass is 286 g/mol. The maximum atomic E-state index is 11.9. The number of hydrogen-bond acceptors (Lipinski definition) is 4. The van der Waals surface area contributed by atoms with Crippen LogP contribution in [0.2, 0.25) is 0 Å². The van der Waals surface area contributed by atoms with Gasteiger partial charge in [0.05, 0.1) is 13.2 Å². The van der Waals surface area contributed by atoms with Gasteiger partial charge >= 0.3 is 6.09 Å². The summed E-state index contributed by atoms with van der Waals surface area (Å²) in [6.07, 6.45) is 0.746. The molecule has 1 saturated heterocycles. The van der Waals surface area contributed by atoms with Crippen LogP contribution in [0.25, 0.3) is 0 Å². The highest BCUT2D eigenvalue weighted by Gasteiger charge is 2.20. The Morgan fingerprint density at radius 1 is 1.25 bits per heavy atom. The lowest BCUT2D eigenvalue weighted by Gasteiger charge is -2.27. The highest BCUT2D eigenvalue weighted by molar-refractivity contribution is 5.76. The van der Waals surface area contributed by atoms with Crippen LogP contribution in [-0.4, -0.2) is 67.3 Å². The molecule has 1 aliphatic heterocycles. The van der Waals surface area contributed by atoms with Crippen LogP contribution < -0.4 is 0 Å². The molecule has 0 N–H and O–H groups in total. The Labute approximate surface area is 121 Å². The number of carbonyl (C=O) groups excluding carboxylic acids is 2. The van der Waals surface area contributed by atoms with E-state index in [1.54, 1.807) is 7.05 Å². The Hall–Kier alpha value is -1.30. The van der Waals surface area contributed by atoms with Crippen molar-refractivity contribution in [3.05, 3.63) is 0 Å². The molecule has 2 amide bonds. The van der Waals surface area contributed by atoms with Crippen LogP contribution in [0.15, 0.2) is 0 Å². The third-order valence-electron chi connectivity index (χ3n) is 2.95. The Balaban J connectivity index is 2.22. The summed E-state index contributed by atoms with van der Waals surface area (Å²) in [7, 11) is 1.69. The van der Waals surface area contributed by atoms with E-state index in [2.05, 4.69) is 0 Å². The Morgan fingerprint density at radius 3 is 2.40 bits per heavy atom. The van der Waals surface area contributed by atoms with E-state index in [1.165, 1.54) is 4.90 Å². The second kappa shape index (κ2) is 7.47. The fourth-order valence-electron chi connectivity index (χ4n) is 1.87. The van der Waals surface area contributed by atoms with E-state index in [4.69, 9.17) is 9.47 Å². The highest BCUT2D eigenvalue weighted by Crippen LogP contribution is 2.10. The molecule has 0 spiro atoms. The Bertz CT molecular complexity index is 333. The SMILES string of the molecule is CN(CCCC(=O)N1CCOCC1)C(=O)OC(C)(C)C. The molecule has 1 rings (SSSR count). The first-order chi connectivity index (χ1) is 9.29. The molecular formula is C14H26N2O4. The minimum atomic E-state index is -0.491. The maximum Gasteiger partial charge on any atom is 0.410 e. The van der Waals surface area contributed by atoms with Crippen LogP contribution in [0.5, 0.6) is 0 Å². The summed E-state index contributed by atoms with van der Waals surface area (Å²) in [4.78, 5) is 27.0. The molecule has 6 heteroatoms. The lowest BCUT2D eigenvalue weighted by Crippen LogP contribution is -2.41. The number of hydrogen-bond donors (Lipinski definition) is 0. The molecule has 0 radical (unpaired) electrons. The van der Waals surface area contributed by atoms with Crippen molar-refractivity contribution in [3.8, 4) is 0 Å². The van der Waals surface area contributed by atoms with Crippen molar-refractivity contribution in [2.75, 3.05) is 39.9 Å². The third-order valence-corrected chi connectivity index (χ3v) is 2.95. The van der Waals surface area contributed by atoms with Crippen molar-refractivity contribution in [2.45, 2.75) is 39.2 Å². The van der Waals surface area contributed by atoms with Gasteiger partial charge in [-0.15, -0.1) is 0 Å². The summed E-state index contributed by atoms with van der Waals surface area (Å²) in [5, 5.41) is 0. The number of amides is 2. The Morgan fingerprint density at radius 2 is 1.85 bits per heavy atom. The normalized spacial score (nSPS) is 15.9. The molecule has 0 unspecified atom stereocenters. The highest BCUT2D eigenvalue weighted by atomic mass is 16.6. The number of carbonyl (C=O) groups is 2. The summed E-state index contributed by atoms with van der Waals surface area (Å²) >= 11 is 0. The predicted octanol–water partition coefficient (Wildman–Crippen LogP) is 1.49. The van der Waals surface area contributed by atoms with Crippen molar-refractivity contribution in [3.63, 3.8) is 0 Å². The molecule has 0 atom stereocenters. The minimum Gasteiger partial charge on any atom is -0.444 e. The predicted molar refractivity (Wildman–Crippen MR) is 75.5 cm³/mol. The minimum absolute atomic E-state index is 0.130. The molecular weight excluding hydrogens is 260 g/mol. The van der Waals surface area contributed by atoms with Crippen molar-refractivity contribution in [2.24, 2.45) is 0 Å². The molecule has 0 aromatic heterocycles. The van der Waals surface area contributed by atoms with Crippen molar-refractivity contribution in [1.29, 1.82) is 0 Å². The summed E-state index contributed by atoms with van der Waals surface area (Å²) in [6.45, 7) is 8.58. The summed E-state index contributed by atoms with van der Waals surface area (Å²) in [5.74, 6) is 0.130. The number of ether oxygens (including phenoxy) is 2. The lowest BCUT2D eigenvalue weighted by molar-refractivity contribution is -0.135. The van der Waals surface area contributed by atoms with E-state index in [0.717, 1.165) is 0 Å². The molecule has 20 heavy (non-hydrogen) atoms. The van der Waals surface area contributed by atoms with Crippen molar-refractivity contribution in [1.82, 2.24) is 9.80 Å². The fraction of sp³-hybridized carbons (Fsp3) is 0.857. The zero-order valence-electron chi connectivity index (χ0n) is 13.0. The van der Waals surface area contributed by atoms with Crippen LogP contribution in [0.4, 0.5) is 4.79 Å². The van der Waals surface area contributed by atoms with Crippen molar-refractivity contribution < 1.29 is 19.1 Å². The molecule has 1 heterocycles. The second-order valence-corrected chi connectivity index (χ2v) is 6.00. The summed E-state index contributed by atoms with van der Waals surface area (Å²) in [5.41, 5.74) is -0.491. The van der Waals surface area contributed by atoms with Gasteiger partial charge in [0.2, 0.25) is 5.91 Å². The first kappa shape index (κ1) is 16.8. The van der Waals surface area contributed by atoms with Crippen LogP contribution in [0.1, 0.15) is 33.6 Å². The second-order valence-electron chi connectivity index (χ2n) is 6.00. The van der Waals surface area contributed by atoms with Gasteiger partial charge in [0.1, 0.15) is 5.60 Å². The fourth-order valence-corrected chi connectivity index (χ4v) is 1.87. The molecule has 116 valence electrons. The molecule has 1 fully saturated rings. The van der Waals surface area contributed by atoms with Gasteiger partial charge in [0.15, 0.2) is 0 Å². The molecule has 1 aliphatic rings. The van der Waals surface area contributed by atoms with Crippen LogP contribution in [0, 0.1) is 0 Å². The largest absolute Gasteiger partial charge is 0.444 e. The summed E-state index contributed by atoms with van der Waals surface area (Å²) in [6, 6.07) is 0. The van der Waals surface area contributed by atoms with Gasteiger partial charge in [0, 0.05) is 33.1 Å². The molecule has 0 aromatic carbocycles. The zero-order chi connectivity index (χ0) is 15.2. The van der Waals surface area contributed by atoms with Crippen LogP contribution >= 0.6 is 0 Å². The van der Waals surface area contributed by atoms with Gasteiger partial charge in [-0.05, 0) is 27.2 Å².